The zero-order valence-corrected chi connectivity index (χ0v) is 29.9. The van der Waals surface area contributed by atoms with Gasteiger partial charge in [-0.3, -0.25) is 4.79 Å². The summed E-state index contributed by atoms with van der Waals surface area (Å²) in [6.45, 7) is 6.02. The molecule has 1 saturated carbocycles. The number of carboxylic acid groups (broad SMARTS) is 1. The van der Waals surface area contributed by atoms with E-state index >= 15 is 8.78 Å². The van der Waals surface area contributed by atoms with Crippen molar-refractivity contribution in [2.75, 3.05) is 4.90 Å². The van der Waals surface area contributed by atoms with Crippen molar-refractivity contribution in [2.24, 2.45) is 0 Å². The van der Waals surface area contributed by atoms with Crippen LogP contribution in [0.25, 0.3) is 0 Å². The number of hydrogen-bond acceptors (Lipinski definition) is 5. The van der Waals surface area contributed by atoms with Crippen LogP contribution < -0.4 is 4.90 Å². The molecule has 1 amide bonds. The number of aromatic carboxylic acids is 1. The van der Waals surface area contributed by atoms with Crippen LogP contribution in [0.2, 0.25) is 5.02 Å². The van der Waals surface area contributed by atoms with Gasteiger partial charge >= 0.3 is 5.97 Å². The number of halogens is 6. The lowest BCUT2D eigenvalue weighted by molar-refractivity contribution is -0.122. The summed E-state index contributed by atoms with van der Waals surface area (Å²) in [5.41, 5.74) is 1.75. The summed E-state index contributed by atoms with van der Waals surface area (Å²) in [6.07, 6.45) is 1.90. The Hall–Kier alpha value is -4.53. The first kappa shape index (κ1) is 38.7. The molecule has 0 spiro atoms. The Labute approximate surface area is 302 Å². The summed E-state index contributed by atoms with van der Waals surface area (Å²) in [5, 5.41) is 20.3. The van der Waals surface area contributed by atoms with Crippen LogP contribution in [0.4, 0.5) is 27.6 Å². The topological polar surface area (TPSA) is 115 Å². The van der Waals surface area contributed by atoms with Crippen molar-refractivity contribution in [1.29, 1.82) is 0 Å². The molecule has 0 aromatic heterocycles. The van der Waals surface area contributed by atoms with E-state index in [1.54, 1.807) is 0 Å². The number of sulfonamides is 1. The van der Waals surface area contributed by atoms with Crippen molar-refractivity contribution in [2.45, 2.75) is 75.9 Å². The van der Waals surface area contributed by atoms with E-state index < -0.39 is 79.8 Å². The van der Waals surface area contributed by atoms with E-state index in [9.17, 15) is 41.4 Å². The molecule has 0 bridgehead atoms. The summed E-state index contributed by atoms with van der Waals surface area (Å²) >= 11 is 5.97. The summed E-state index contributed by atoms with van der Waals surface area (Å²) in [5.74, 6) is -15.7. The minimum Gasteiger partial charge on any atom is -0.507 e. The van der Waals surface area contributed by atoms with Crippen molar-refractivity contribution < 1.29 is 50.2 Å². The van der Waals surface area contributed by atoms with Crippen molar-refractivity contribution in [1.82, 2.24) is 4.31 Å². The van der Waals surface area contributed by atoms with Crippen LogP contribution in [0.1, 0.15) is 79.1 Å². The molecule has 1 fully saturated rings. The second kappa shape index (κ2) is 14.5. The first-order chi connectivity index (χ1) is 24.2. The van der Waals surface area contributed by atoms with Crippen LogP contribution in [-0.2, 0) is 33.3 Å². The maximum absolute atomic E-state index is 15.1. The van der Waals surface area contributed by atoms with Crippen molar-refractivity contribution in [3.63, 3.8) is 0 Å². The molecule has 15 heteroatoms. The number of benzene rings is 4. The van der Waals surface area contributed by atoms with Gasteiger partial charge in [-0.15, -0.1) is 0 Å². The van der Waals surface area contributed by atoms with Gasteiger partial charge in [-0.1, -0.05) is 62.7 Å². The van der Waals surface area contributed by atoms with Gasteiger partial charge in [-0.05, 0) is 77.6 Å². The molecule has 1 aliphatic carbocycles. The van der Waals surface area contributed by atoms with Crippen LogP contribution >= 0.6 is 11.6 Å². The van der Waals surface area contributed by atoms with Crippen molar-refractivity contribution in [3.8, 4) is 5.75 Å². The molecule has 0 heterocycles. The molecule has 5 rings (SSSR count). The highest BCUT2D eigenvalue weighted by molar-refractivity contribution is 7.89. The van der Waals surface area contributed by atoms with Gasteiger partial charge in [0, 0.05) is 23.3 Å². The Morgan fingerprint density at radius 1 is 0.846 bits per heavy atom. The predicted molar refractivity (Wildman–Crippen MR) is 183 cm³/mol. The zero-order chi connectivity index (χ0) is 38.4. The van der Waals surface area contributed by atoms with Crippen molar-refractivity contribution >= 4 is 39.2 Å². The van der Waals surface area contributed by atoms with Crippen molar-refractivity contribution in [3.05, 3.63) is 123 Å². The van der Waals surface area contributed by atoms with E-state index in [0.717, 1.165) is 47.9 Å². The Kier molecular flexibility index (Phi) is 10.8. The highest BCUT2D eigenvalue weighted by Gasteiger charge is 2.42. The minimum absolute atomic E-state index is 0.0754. The monoisotopic (exact) mass is 764 g/mol. The molecule has 0 unspecified atom stereocenters. The molecular formula is C37H34ClF5N2O6S. The third kappa shape index (κ3) is 7.79. The van der Waals surface area contributed by atoms with Crippen LogP contribution in [0.3, 0.4) is 0 Å². The van der Waals surface area contributed by atoms with Crippen LogP contribution in [0.15, 0.2) is 65.6 Å². The van der Waals surface area contributed by atoms with E-state index in [0.29, 0.717) is 9.87 Å². The van der Waals surface area contributed by atoms with Crippen LogP contribution in [0.5, 0.6) is 5.75 Å². The largest absolute Gasteiger partial charge is 0.507 e. The van der Waals surface area contributed by atoms with Gasteiger partial charge in [0.25, 0.3) is 0 Å². The molecule has 4 aromatic carbocycles. The molecule has 276 valence electrons. The highest BCUT2D eigenvalue weighted by Crippen LogP contribution is 2.42. The van der Waals surface area contributed by atoms with Gasteiger partial charge in [-0.25, -0.2) is 35.2 Å². The van der Waals surface area contributed by atoms with E-state index in [1.807, 2.05) is 32.9 Å². The Morgan fingerprint density at radius 3 is 1.94 bits per heavy atom. The second-order valence-corrected chi connectivity index (χ2v) is 15.9. The van der Waals surface area contributed by atoms with Gasteiger partial charge < -0.3 is 15.1 Å². The SMILES string of the molecule is C[C@@H](C(=O)N(Cc1cc(C2CC2)cc(C(C)(C)C)c1)c1ccc(C(=O)O)c(O)c1)N(Cc1ccc(Cl)cc1)S(=O)(=O)c1c(F)c(F)c(F)c(F)c1F. The fourth-order valence-corrected chi connectivity index (χ4v) is 7.54. The van der Waals surface area contributed by atoms with E-state index in [1.165, 1.54) is 30.3 Å². The van der Waals surface area contributed by atoms with Crippen LogP contribution in [-0.4, -0.2) is 40.9 Å². The number of carbonyl (C=O) groups excluding carboxylic acids is 1. The molecule has 52 heavy (non-hydrogen) atoms. The van der Waals surface area contributed by atoms with E-state index in [4.69, 9.17) is 11.6 Å². The summed E-state index contributed by atoms with van der Waals surface area (Å²) in [4.78, 5) is 25.2. The fourth-order valence-electron chi connectivity index (χ4n) is 5.72. The van der Waals surface area contributed by atoms with E-state index in [2.05, 4.69) is 6.07 Å². The molecule has 2 N–H and O–H groups in total. The summed E-state index contributed by atoms with van der Waals surface area (Å²) in [6, 6.07) is 12.6. The molecule has 1 atom stereocenters. The van der Waals surface area contributed by atoms with Gasteiger partial charge in [0.2, 0.25) is 21.7 Å². The average molecular weight is 765 g/mol. The number of aromatic hydroxyl groups is 1. The third-order valence-electron chi connectivity index (χ3n) is 8.84. The molecule has 0 aliphatic heterocycles. The number of hydrogen-bond donors (Lipinski definition) is 2. The number of phenols is 1. The molecule has 8 nitrogen and oxygen atoms in total. The first-order valence-corrected chi connectivity index (χ1v) is 17.8. The minimum atomic E-state index is -5.70. The van der Waals surface area contributed by atoms with Gasteiger partial charge in [-0.2, -0.15) is 4.31 Å². The third-order valence-corrected chi connectivity index (χ3v) is 11.0. The summed E-state index contributed by atoms with van der Waals surface area (Å²) in [7, 11) is -5.70. The predicted octanol–water partition coefficient (Wildman–Crippen LogP) is 8.43. The second-order valence-electron chi connectivity index (χ2n) is 13.7. The maximum Gasteiger partial charge on any atom is 0.339 e. The van der Waals surface area contributed by atoms with Gasteiger partial charge in [0.05, 0.1) is 6.54 Å². The van der Waals surface area contributed by atoms with E-state index in [-0.39, 0.29) is 34.2 Å². The van der Waals surface area contributed by atoms with Gasteiger partial charge in [0.1, 0.15) is 17.4 Å². The molecular weight excluding hydrogens is 731 g/mol. The zero-order valence-electron chi connectivity index (χ0n) is 28.4. The normalized spacial score (nSPS) is 14.1. The number of amides is 1. The number of nitrogens with zero attached hydrogens (tertiary/aromatic N) is 2. The lowest BCUT2D eigenvalue weighted by atomic mass is 9.84. The quantitative estimate of drug-likeness (QED) is 0.0901. The highest BCUT2D eigenvalue weighted by atomic mass is 35.5. The standard InChI is InChI=1S/C37H34ClF5N2O6S/c1-19(45(18-20-5-9-25(38)10-6-20)52(50,51)34-32(42)30(40)29(39)31(41)33(34)43)35(47)44(26-11-12-27(36(48)49)28(46)16-26)17-21-13-23(22-7-8-22)15-24(14-21)37(2,3)4/h5-6,9-16,19,22,46H,7-8,17-18H2,1-4H3,(H,48,49)/t19-/m0/s1. The smallest absolute Gasteiger partial charge is 0.339 e. The molecule has 0 radical (unpaired) electrons. The first-order valence-electron chi connectivity index (χ1n) is 16.0. The fraction of sp³-hybridized carbons (Fsp3) is 0.297. The van der Waals surface area contributed by atoms with Crippen LogP contribution in [0, 0.1) is 29.1 Å². The Morgan fingerprint density at radius 2 is 1.42 bits per heavy atom. The number of carboxylic acids is 1. The number of carbonyl (C=O) groups is 2. The lowest BCUT2D eigenvalue weighted by Crippen LogP contribution is -2.49. The van der Waals surface area contributed by atoms with Gasteiger partial charge in [0.15, 0.2) is 28.2 Å². The average Bonchev–Trinajstić information content (AvgIpc) is 3.93. The Balaban J connectivity index is 1.68. The lowest BCUT2D eigenvalue weighted by Gasteiger charge is -2.33. The maximum atomic E-state index is 15.1. The number of anilines is 1. The Bertz CT molecular complexity index is 2140. The molecule has 4 aromatic rings. The molecule has 0 saturated heterocycles. The number of rotatable bonds is 11. The molecule has 1 aliphatic rings. The summed E-state index contributed by atoms with van der Waals surface area (Å²) < 4.78 is 101.